The molecule has 0 unspecified atom stereocenters. The van der Waals surface area contributed by atoms with Crippen molar-refractivity contribution >= 4 is 6.08 Å². The summed E-state index contributed by atoms with van der Waals surface area (Å²) < 4.78 is 22.4. The van der Waals surface area contributed by atoms with Crippen LogP contribution in [0.5, 0.6) is 23.0 Å². The van der Waals surface area contributed by atoms with E-state index in [1.165, 1.54) is 0 Å². The zero-order chi connectivity index (χ0) is 19.5. The van der Waals surface area contributed by atoms with Crippen molar-refractivity contribution in [2.24, 2.45) is 0 Å². The summed E-state index contributed by atoms with van der Waals surface area (Å²) in [6.07, 6.45) is 7.16. The zero-order valence-corrected chi connectivity index (χ0v) is 16.0. The number of aliphatic hydroxyl groups excluding tert-OH is 1. The van der Waals surface area contributed by atoms with Crippen LogP contribution in [0.2, 0.25) is 0 Å². The Morgan fingerprint density at radius 1 is 0.926 bits per heavy atom. The van der Waals surface area contributed by atoms with Crippen LogP contribution in [0.1, 0.15) is 18.1 Å². The zero-order valence-electron chi connectivity index (χ0n) is 16.0. The van der Waals surface area contributed by atoms with Crippen LogP contribution in [-0.2, 0) is 6.61 Å². The minimum absolute atomic E-state index is 0.00923. The average molecular weight is 370 g/mol. The summed E-state index contributed by atoms with van der Waals surface area (Å²) in [7, 11) is 3.19. The minimum Gasteiger partial charge on any atom is -0.494 e. The molecule has 2 rings (SSSR count). The van der Waals surface area contributed by atoms with E-state index in [9.17, 15) is 0 Å². The highest BCUT2D eigenvalue weighted by atomic mass is 16.5. The van der Waals surface area contributed by atoms with Crippen LogP contribution in [0.3, 0.4) is 0 Å². The maximum Gasteiger partial charge on any atom is 0.203 e. The molecule has 5 nitrogen and oxygen atoms in total. The third kappa shape index (κ3) is 6.08. The van der Waals surface area contributed by atoms with Gasteiger partial charge in [-0.1, -0.05) is 36.4 Å². The van der Waals surface area contributed by atoms with Crippen molar-refractivity contribution in [2.75, 3.05) is 27.4 Å². The van der Waals surface area contributed by atoms with E-state index in [0.29, 0.717) is 30.5 Å². The van der Waals surface area contributed by atoms with Gasteiger partial charge in [-0.25, -0.2) is 0 Å². The molecule has 0 bridgehead atoms. The first-order valence-electron chi connectivity index (χ1n) is 8.76. The second-order valence-corrected chi connectivity index (χ2v) is 5.59. The fourth-order valence-electron chi connectivity index (χ4n) is 2.45. The molecule has 144 valence electrons. The Morgan fingerprint density at radius 3 is 2.15 bits per heavy atom. The lowest BCUT2D eigenvalue weighted by molar-refractivity contribution is 0.265. The third-order valence-corrected chi connectivity index (χ3v) is 3.74. The average Bonchev–Trinajstić information content (AvgIpc) is 2.70. The van der Waals surface area contributed by atoms with Crippen molar-refractivity contribution in [3.8, 4) is 23.0 Å². The highest BCUT2D eigenvalue weighted by Crippen LogP contribution is 2.39. The Bertz CT molecular complexity index is 738. The number of ether oxygens (including phenoxy) is 4. The van der Waals surface area contributed by atoms with E-state index in [2.05, 4.69) is 0 Å². The van der Waals surface area contributed by atoms with E-state index in [1.54, 1.807) is 26.4 Å². The minimum atomic E-state index is 0.00923. The Hall–Kier alpha value is -2.92. The molecule has 0 aliphatic carbocycles. The highest BCUT2D eigenvalue weighted by Gasteiger charge is 2.13. The molecule has 1 N–H and O–H groups in total. The van der Waals surface area contributed by atoms with Gasteiger partial charge in [-0.05, 0) is 42.3 Å². The van der Waals surface area contributed by atoms with Crippen LogP contribution in [0.15, 0.2) is 54.6 Å². The number of aliphatic hydroxyl groups is 1. The van der Waals surface area contributed by atoms with Crippen molar-refractivity contribution < 1.29 is 24.1 Å². The van der Waals surface area contributed by atoms with Gasteiger partial charge in [0, 0.05) is 0 Å². The molecule has 0 saturated heterocycles. The molecule has 0 saturated carbocycles. The van der Waals surface area contributed by atoms with Crippen LogP contribution >= 0.6 is 0 Å². The molecule has 0 heterocycles. The van der Waals surface area contributed by atoms with Crippen molar-refractivity contribution in [3.05, 3.63) is 65.8 Å². The van der Waals surface area contributed by atoms with Crippen molar-refractivity contribution in [1.29, 1.82) is 0 Å². The molecule has 0 fully saturated rings. The van der Waals surface area contributed by atoms with Gasteiger partial charge in [0.05, 0.1) is 27.4 Å². The van der Waals surface area contributed by atoms with Crippen LogP contribution in [0, 0.1) is 0 Å². The number of methoxy groups -OCH3 is 2. The first-order valence-corrected chi connectivity index (χ1v) is 8.76. The number of benzene rings is 2. The summed E-state index contributed by atoms with van der Waals surface area (Å²) in [5.74, 6) is 2.57. The summed E-state index contributed by atoms with van der Waals surface area (Å²) in [6, 6.07) is 11.5. The van der Waals surface area contributed by atoms with Gasteiger partial charge in [-0.2, -0.15) is 0 Å². The van der Waals surface area contributed by atoms with E-state index in [-0.39, 0.29) is 6.61 Å². The maximum absolute atomic E-state index is 8.77. The Morgan fingerprint density at radius 2 is 1.59 bits per heavy atom. The van der Waals surface area contributed by atoms with Gasteiger partial charge in [-0.15, -0.1) is 0 Å². The van der Waals surface area contributed by atoms with E-state index < -0.39 is 0 Å². The number of hydrogen-bond donors (Lipinski definition) is 1. The van der Waals surface area contributed by atoms with E-state index in [1.807, 2.05) is 55.5 Å². The van der Waals surface area contributed by atoms with Crippen molar-refractivity contribution in [3.63, 3.8) is 0 Å². The fourth-order valence-corrected chi connectivity index (χ4v) is 2.45. The molecule has 0 atom stereocenters. The number of hydrogen-bond acceptors (Lipinski definition) is 5. The first-order chi connectivity index (χ1) is 13.2. The normalized spacial score (nSPS) is 11.1. The predicted octanol–water partition coefficient (Wildman–Crippen LogP) is 4.24. The van der Waals surface area contributed by atoms with Crippen LogP contribution in [-0.4, -0.2) is 32.5 Å². The fraction of sp³-hybridized carbons (Fsp3) is 0.273. The van der Waals surface area contributed by atoms with E-state index in [4.69, 9.17) is 24.1 Å². The highest BCUT2D eigenvalue weighted by molar-refractivity contribution is 5.62. The lowest BCUT2D eigenvalue weighted by Crippen LogP contribution is -2.01. The molecule has 0 radical (unpaired) electrons. The molecule has 27 heavy (non-hydrogen) atoms. The second-order valence-electron chi connectivity index (χ2n) is 5.59. The first kappa shape index (κ1) is 20.4. The predicted molar refractivity (Wildman–Crippen MR) is 107 cm³/mol. The van der Waals surface area contributed by atoms with Gasteiger partial charge in [-0.3, -0.25) is 0 Å². The standard InChI is InChI=1S/C22H26O5/c1-4-26-19-11-9-17(10-12-19)16-27-22-20(24-2)14-18(15-21(22)25-3)8-6-5-7-13-23/h5-12,14-15,23H,4,13,16H2,1-3H3. The monoisotopic (exact) mass is 370 g/mol. The summed E-state index contributed by atoms with van der Waals surface area (Å²) in [6.45, 7) is 2.99. The quantitative estimate of drug-likeness (QED) is 0.634. The van der Waals surface area contributed by atoms with Gasteiger partial charge >= 0.3 is 0 Å². The SMILES string of the molecule is CCOc1ccc(COc2c(OC)cc(C=CC=CCO)cc2OC)cc1. The molecule has 0 aliphatic heterocycles. The second kappa shape index (κ2) is 10.9. The maximum atomic E-state index is 8.77. The Labute approximate surface area is 160 Å². The largest absolute Gasteiger partial charge is 0.494 e. The topological polar surface area (TPSA) is 57.2 Å². The lowest BCUT2D eigenvalue weighted by Gasteiger charge is -2.15. The Kier molecular flexibility index (Phi) is 8.26. The molecular formula is C22H26O5. The molecule has 0 aromatic heterocycles. The van der Waals surface area contributed by atoms with Gasteiger partial charge in [0.25, 0.3) is 0 Å². The third-order valence-electron chi connectivity index (χ3n) is 3.74. The van der Waals surface area contributed by atoms with Crippen LogP contribution < -0.4 is 18.9 Å². The van der Waals surface area contributed by atoms with Gasteiger partial charge < -0.3 is 24.1 Å². The van der Waals surface area contributed by atoms with Crippen molar-refractivity contribution in [1.82, 2.24) is 0 Å². The summed E-state index contributed by atoms with van der Waals surface area (Å²) in [4.78, 5) is 0. The van der Waals surface area contributed by atoms with Crippen LogP contribution in [0.25, 0.3) is 6.08 Å². The smallest absolute Gasteiger partial charge is 0.203 e. The molecular weight excluding hydrogens is 344 g/mol. The molecule has 0 spiro atoms. The molecule has 2 aromatic carbocycles. The van der Waals surface area contributed by atoms with E-state index >= 15 is 0 Å². The van der Waals surface area contributed by atoms with Gasteiger partial charge in [0.15, 0.2) is 11.5 Å². The summed E-state index contributed by atoms with van der Waals surface area (Å²) >= 11 is 0. The molecule has 0 amide bonds. The molecule has 5 heteroatoms. The summed E-state index contributed by atoms with van der Waals surface area (Å²) in [5, 5.41) is 8.77. The van der Waals surface area contributed by atoms with Crippen molar-refractivity contribution in [2.45, 2.75) is 13.5 Å². The van der Waals surface area contributed by atoms with E-state index in [0.717, 1.165) is 16.9 Å². The molecule has 0 aliphatic rings. The summed E-state index contributed by atoms with van der Waals surface area (Å²) in [5.41, 5.74) is 1.92. The molecule has 2 aromatic rings. The van der Waals surface area contributed by atoms with Gasteiger partial charge in [0.2, 0.25) is 5.75 Å². The van der Waals surface area contributed by atoms with Gasteiger partial charge in [0.1, 0.15) is 12.4 Å². The lowest BCUT2D eigenvalue weighted by atomic mass is 10.1. The van der Waals surface area contributed by atoms with Crippen LogP contribution in [0.4, 0.5) is 0 Å². The Balaban J connectivity index is 2.17. The number of allylic oxidation sites excluding steroid dienone is 2. The number of rotatable bonds is 10.